The van der Waals surface area contributed by atoms with E-state index in [2.05, 4.69) is 29.3 Å². The molecule has 2 amide bonds. The Morgan fingerprint density at radius 3 is 2.44 bits per heavy atom. The Morgan fingerprint density at radius 1 is 1.03 bits per heavy atom. The number of rotatable bonds is 3. The number of ether oxygens (including phenoxy) is 1. The summed E-state index contributed by atoms with van der Waals surface area (Å²) in [6.45, 7) is 4.16. The second-order valence-electron chi connectivity index (χ2n) is 9.34. The highest BCUT2D eigenvalue weighted by molar-refractivity contribution is 7.98. The summed E-state index contributed by atoms with van der Waals surface area (Å²) in [6.07, 6.45) is 0.882. The highest BCUT2D eigenvalue weighted by Crippen LogP contribution is 2.43. The Bertz CT molecular complexity index is 1350. The molecule has 1 atom stereocenters. The fourth-order valence-corrected chi connectivity index (χ4v) is 5.73. The van der Waals surface area contributed by atoms with Crippen molar-refractivity contribution in [2.75, 3.05) is 25.8 Å². The lowest BCUT2D eigenvalue weighted by Crippen LogP contribution is -2.57. The van der Waals surface area contributed by atoms with Gasteiger partial charge in [0.15, 0.2) is 5.69 Å². The van der Waals surface area contributed by atoms with Gasteiger partial charge in [0.2, 0.25) is 11.2 Å². The predicted molar refractivity (Wildman–Crippen MR) is 139 cm³/mol. The van der Waals surface area contributed by atoms with E-state index in [-0.39, 0.29) is 29.4 Å². The first kappa shape index (κ1) is 24.0. The van der Waals surface area contributed by atoms with Gasteiger partial charge in [-0.1, -0.05) is 42.5 Å². The molecular formula is C27H28N4O4S. The summed E-state index contributed by atoms with van der Waals surface area (Å²) in [6, 6.07) is 17.6. The minimum Gasteiger partial charge on any atom is -0.403 e. The minimum absolute atomic E-state index is 0.0458. The lowest BCUT2D eigenvalue weighted by Gasteiger charge is -2.45. The number of fused-ring (bicyclic) bond motifs is 3. The summed E-state index contributed by atoms with van der Waals surface area (Å²) in [5.41, 5.74) is 2.97. The molecule has 0 fully saturated rings. The first-order valence-electron chi connectivity index (χ1n) is 11.8. The van der Waals surface area contributed by atoms with Gasteiger partial charge in [-0.3, -0.25) is 19.3 Å². The summed E-state index contributed by atoms with van der Waals surface area (Å²) < 4.78 is 7.17. The summed E-state index contributed by atoms with van der Waals surface area (Å²) in [5.74, 6) is 0.207. The van der Waals surface area contributed by atoms with E-state index in [9.17, 15) is 14.4 Å². The molecule has 36 heavy (non-hydrogen) atoms. The third kappa shape index (κ3) is 4.03. The summed E-state index contributed by atoms with van der Waals surface area (Å²) in [7, 11) is 3.06. The number of nitrogens with zero attached hydrogens (tertiary/aromatic N) is 4. The van der Waals surface area contributed by atoms with Crippen LogP contribution in [0.2, 0.25) is 0 Å². The fraction of sp³-hybridized carbons (Fsp3) is 0.296. The van der Waals surface area contributed by atoms with Crippen LogP contribution in [0.5, 0.6) is 5.75 Å². The van der Waals surface area contributed by atoms with Crippen LogP contribution in [0.25, 0.3) is 0 Å². The standard InChI is InChI=1S/C27H28N4O4S/c1-17(2)29-16-31(30-14-13-21(32)25(24(30)26(29)33)35-27(34)28(3)4)23-19-10-6-5-9-18(19)15-36-22-12-8-7-11-20(22)23/h5-14,17,23H,15-16H2,1-4H3. The van der Waals surface area contributed by atoms with Crippen molar-refractivity contribution in [1.82, 2.24) is 14.5 Å². The number of amides is 2. The number of aromatic nitrogens is 1. The van der Waals surface area contributed by atoms with Crippen LogP contribution in [0, 0.1) is 0 Å². The van der Waals surface area contributed by atoms with Crippen molar-refractivity contribution in [1.29, 1.82) is 0 Å². The van der Waals surface area contributed by atoms with Gasteiger partial charge in [-0.15, -0.1) is 11.8 Å². The van der Waals surface area contributed by atoms with E-state index in [4.69, 9.17) is 4.74 Å². The summed E-state index contributed by atoms with van der Waals surface area (Å²) in [5, 5.41) is 2.08. The third-order valence-corrected chi connectivity index (χ3v) is 7.63. The zero-order valence-corrected chi connectivity index (χ0v) is 21.5. The predicted octanol–water partition coefficient (Wildman–Crippen LogP) is 4.06. The van der Waals surface area contributed by atoms with Crippen LogP contribution in [0.3, 0.4) is 0 Å². The molecule has 0 spiro atoms. The fourth-order valence-electron chi connectivity index (χ4n) is 4.64. The molecular weight excluding hydrogens is 476 g/mol. The number of thioether (sulfide) groups is 1. The first-order chi connectivity index (χ1) is 17.3. The van der Waals surface area contributed by atoms with Crippen molar-refractivity contribution < 1.29 is 14.3 Å². The maximum absolute atomic E-state index is 13.7. The zero-order chi connectivity index (χ0) is 25.6. The molecule has 3 aromatic rings. The van der Waals surface area contributed by atoms with Crippen LogP contribution >= 0.6 is 11.8 Å². The second-order valence-corrected chi connectivity index (χ2v) is 10.4. The molecule has 0 radical (unpaired) electrons. The first-order valence-corrected chi connectivity index (χ1v) is 12.8. The van der Waals surface area contributed by atoms with Crippen molar-refractivity contribution in [3.63, 3.8) is 0 Å². The SMILES string of the molecule is CC(C)N1CN(C2c3ccccc3CSc3ccccc32)n2ccc(=O)c(OC(=O)N(C)C)c2C1=O. The molecule has 0 saturated carbocycles. The van der Waals surface area contributed by atoms with Crippen molar-refractivity contribution in [2.45, 2.75) is 36.6 Å². The highest BCUT2D eigenvalue weighted by Gasteiger charge is 2.40. The molecule has 0 N–H and O–H groups in total. The molecule has 0 saturated heterocycles. The van der Waals surface area contributed by atoms with E-state index in [1.165, 1.54) is 30.6 Å². The van der Waals surface area contributed by atoms with E-state index in [1.54, 1.807) is 27.5 Å². The van der Waals surface area contributed by atoms with Crippen LogP contribution in [0.1, 0.15) is 47.1 Å². The van der Waals surface area contributed by atoms with Crippen molar-refractivity contribution >= 4 is 23.8 Å². The maximum atomic E-state index is 13.7. The number of benzene rings is 2. The lowest BCUT2D eigenvalue weighted by atomic mass is 9.94. The molecule has 0 aliphatic carbocycles. The normalized spacial score (nSPS) is 16.7. The van der Waals surface area contributed by atoms with E-state index in [0.717, 1.165) is 21.8 Å². The Morgan fingerprint density at radius 2 is 1.72 bits per heavy atom. The Labute approximate surface area is 214 Å². The summed E-state index contributed by atoms with van der Waals surface area (Å²) >= 11 is 1.78. The Hall–Kier alpha value is -3.72. The number of carbonyl (C=O) groups excluding carboxylic acids is 2. The second kappa shape index (κ2) is 9.39. The molecule has 3 heterocycles. The quantitative estimate of drug-likeness (QED) is 0.536. The van der Waals surface area contributed by atoms with Crippen molar-refractivity contribution in [3.8, 4) is 5.75 Å². The van der Waals surface area contributed by atoms with Gasteiger partial charge in [0, 0.05) is 43.0 Å². The van der Waals surface area contributed by atoms with Gasteiger partial charge in [0.25, 0.3) is 5.91 Å². The van der Waals surface area contributed by atoms with Crippen LogP contribution in [-0.2, 0) is 5.75 Å². The average Bonchev–Trinajstić information content (AvgIpc) is 3.02. The van der Waals surface area contributed by atoms with Gasteiger partial charge in [-0.05, 0) is 36.6 Å². The molecule has 2 aliphatic rings. The van der Waals surface area contributed by atoms with Gasteiger partial charge < -0.3 is 14.5 Å². The van der Waals surface area contributed by atoms with E-state index in [1.807, 2.05) is 38.1 Å². The molecule has 186 valence electrons. The summed E-state index contributed by atoms with van der Waals surface area (Å²) in [4.78, 5) is 43.1. The third-order valence-electron chi connectivity index (χ3n) is 6.49. The zero-order valence-electron chi connectivity index (χ0n) is 20.7. The van der Waals surface area contributed by atoms with Crippen LogP contribution in [-0.4, -0.2) is 53.3 Å². The molecule has 1 aromatic heterocycles. The average molecular weight is 505 g/mol. The minimum atomic E-state index is -0.719. The molecule has 2 aromatic carbocycles. The highest BCUT2D eigenvalue weighted by atomic mass is 32.2. The van der Waals surface area contributed by atoms with E-state index >= 15 is 0 Å². The van der Waals surface area contributed by atoms with Gasteiger partial charge in [-0.25, -0.2) is 4.79 Å². The van der Waals surface area contributed by atoms with E-state index in [0.29, 0.717) is 6.67 Å². The van der Waals surface area contributed by atoms with Gasteiger partial charge >= 0.3 is 6.09 Å². The number of carbonyl (C=O) groups is 2. The van der Waals surface area contributed by atoms with Crippen LogP contribution in [0.15, 0.2) is 70.5 Å². The number of hydrogen-bond acceptors (Lipinski definition) is 6. The number of pyridine rings is 1. The lowest BCUT2D eigenvalue weighted by molar-refractivity contribution is 0.0620. The molecule has 2 aliphatic heterocycles. The molecule has 8 nitrogen and oxygen atoms in total. The topological polar surface area (TPSA) is 75.1 Å². The van der Waals surface area contributed by atoms with Gasteiger partial charge in [0.1, 0.15) is 6.67 Å². The Balaban J connectivity index is 1.77. The van der Waals surface area contributed by atoms with Crippen LogP contribution in [0.4, 0.5) is 4.79 Å². The smallest absolute Gasteiger partial charge is 0.403 e. The van der Waals surface area contributed by atoms with Gasteiger partial charge in [0.05, 0.1) is 6.04 Å². The Kier molecular flexibility index (Phi) is 6.26. The molecule has 5 rings (SSSR count). The van der Waals surface area contributed by atoms with Crippen molar-refractivity contribution in [3.05, 3.63) is 93.4 Å². The molecule has 1 unspecified atom stereocenters. The van der Waals surface area contributed by atoms with Crippen molar-refractivity contribution in [2.24, 2.45) is 0 Å². The van der Waals surface area contributed by atoms with Gasteiger partial charge in [-0.2, -0.15) is 0 Å². The van der Waals surface area contributed by atoms with E-state index < -0.39 is 11.5 Å². The monoisotopic (exact) mass is 504 g/mol. The maximum Gasteiger partial charge on any atom is 0.414 e. The van der Waals surface area contributed by atoms with Crippen LogP contribution < -0.4 is 15.2 Å². The molecule has 0 bridgehead atoms. The molecule has 9 heteroatoms. The number of hydrogen-bond donors (Lipinski definition) is 0. The largest absolute Gasteiger partial charge is 0.414 e.